The number of carbonyl (C=O) groups is 1. The van der Waals surface area contributed by atoms with E-state index in [-0.39, 0.29) is 11.9 Å². The number of nitrogens with zero attached hydrogens (tertiary/aromatic N) is 2. The van der Waals surface area contributed by atoms with E-state index in [4.69, 9.17) is 4.98 Å². The van der Waals surface area contributed by atoms with Crippen molar-refractivity contribution in [1.29, 1.82) is 0 Å². The molecule has 5 nitrogen and oxygen atoms in total. The van der Waals surface area contributed by atoms with Crippen LogP contribution in [0.25, 0.3) is 11.0 Å². The van der Waals surface area contributed by atoms with Crippen LogP contribution in [0.4, 0.5) is 0 Å². The number of hydrogen-bond donors (Lipinski definition) is 2. The Morgan fingerprint density at radius 1 is 1.07 bits per heavy atom. The number of aliphatic hydroxyl groups excluding tert-OH is 1. The van der Waals surface area contributed by atoms with Gasteiger partial charge in [-0.1, -0.05) is 44.2 Å². The average molecular weight is 370 g/mol. The third kappa shape index (κ3) is 4.18. The van der Waals surface area contributed by atoms with Crippen LogP contribution in [-0.4, -0.2) is 32.7 Å². The van der Waals surface area contributed by atoms with E-state index < -0.39 is 6.10 Å². The van der Waals surface area contributed by atoms with Gasteiger partial charge in [-0.15, -0.1) is 0 Å². The van der Waals surface area contributed by atoms with Gasteiger partial charge < -0.3 is 15.0 Å². The van der Waals surface area contributed by atoms with E-state index in [2.05, 4.69) is 28.1 Å². The van der Waals surface area contributed by atoms with Gasteiger partial charge >= 0.3 is 0 Å². The lowest BCUT2D eigenvalue weighted by atomic mass is 9.92. The molecule has 0 spiro atoms. The number of para-hydroxylation sites is 2. The number of hydrogen-bond acceptors (Lipinski definition) is 3. The number of aromatic nitrogens is 2. The maximum absolute atomic E-state index is 12.5. The summed E-state index contributed by atoms with van der Waals surface area (Å²) in [5.74, 6) is 1.06. The lowest BCUT2D eigenvalue weighted by Gasteiger charge is -2.28. The van der Waals surface area contributed by atoms with E-state index in [1.165, 1.54) is 37.6 Å². The molecule has 5 heteroatoms. The molecule has 2 N–H and O–H groups in total. The molecule has 0 unspecified atom stereocenters. The summed E-state index contributed by atoms with van der Waals surface area (Å²) in [5, 5.41) is 13.1. The number of fused-ring (bicyclic) bond motifs is 1. The topological polar surface area (TPSA) is 67.2 Å². The molecule has 1 heterocycles. The van der Waals surface area contributed by atoms with Crippen LogP contribution in [0.15, 0.2) is 24.3 Å². The molecule has 2 aromatic rings. The number of imidazole rings is 1. The molecule has 2 aliphatic rings. The van der Waals surface area contributed by atoms with Gasteiger partial charge in [-0.05, 0) is 37.8 Å². The monoisotopic (exact) mass is 369 g/mol. The Morgan fingerprint density at radius 2 is 1.81 bits per heavy atom. The van der Waals surface area contributed by atoms with Gasteiger partial charge in [-0.2, -0.15) is 0 Å². The first-order chi connectivity index (χ1) is 13.2. The summed E-state index contributed by atoms with van der Waals surface area (Å²) >= 11 is 0. The molecule has 2 atom stereocenters. The van der Waals surface area contributed by atoms with Crippen molar-refractivity contribution < 1.29 is 9.90 Å². The Kier molecular flexibility index (Phi) is 5.77. The molecule has 27 heavy (non-hydrogen) atoms. The summed E-state index contributed by atoms with van der Waals surface area (Å²) in [6.07, 6.45) is 10.8. The lowest BCUT2D eigenvalue weighted by Crippen LogP contribution is -2.45. The Hall–Kier alpha value is -1.88. The molecule has 0 bridgehead atoms. The number of carbonyl (C=O) groups excluding carboxylic acids is 1. The highest BCUT2D eigenvalue weighted by molar-refractivity contribution is 5.78. The van der Waals surface area contributed by atoms with Crippen molar-refractivity contribution in [1.82, 2.24) is 14.9 Å². The van der Waals surface area contributed by atoms with Gasteiger partial charge in [0.1, 0.15) is 5.82 Å². The number of aryl methyl sites for hydroxylation is 1. The highest BCUT2D eigenvalue weighted by Gasteiger charge is 2.25. The molecule has 1 aromatic carbocycles. The zero-order chi connectivity index (χ0) is 18.6. The van der Waals surface area contributed by atoms with Crippen LogP contribution in [-0.2, 0) is 11.2 Å². The quantitative estimate of drug-likeness (QED) is 0.840. The molecule has 2 aliphatic carbocycles. The van der Waals surface area contributed by atoms with E-state index >= 15 is 0 Å². The van der Waals surface area contributed by atoms with Crippen molar-refractivity contribution in [2.45, 2.75) is 88.8 Å². The molecular weight excluding hydrogens is 338 g/mol. The number of nitrogens with one attached hydrogen (secondary N) is 1. The summed E-state index contributed by atoms with van der Waals surface area (Å²) in [6, 6.07) is 8.74. The van der Waals surface area contributed by atoms with E-state index in [0.717, 1.165) is 37.0 Å². The second-order valence-corrected chi connectivity index (χ2v) is 8.20. The second-order valence-electron chi connectivity index (χ2n) is 8.20. The van der Waals surface area contributed by atoms with Crippen molar-refractivity contribution in [2.24, 2.45) is 0 Å². The van der Waals surface area contributed by atoms with Gasteiger partial charge in [0.2, 0.25) is 5.91 Å². The van der Waals surface area contributed by atoms with Crippen molar-refractivity contribution in [3.8, 4) is 0 Å². The minimum Gasteiger partial charge on any atom is -0.391 e. The number of amides is 1. The predicted molar refractivity (Wildman–Crippen MR) is 107 cm³/mol. The van der Waals surface area contributed by atoms with Gasteiger partial charge in [-0.25, -0.2) is 4.98 Å². The molecule has 0 aliphatic heterocycles. The SMILES string of the molecule is O=C(CCc1nc2ccccc2n1C1CCCCC1)N[C@@H]1CCCC[C@H]1O. The molecule has 2 fully saturated rings. The minimum atomic E-state index is -0.394. The molecule has 146 valence electrons. The minimum absolute atomic E-state index is 0.0307. The largest absolute Gasteiger partial charge is 0.391 e. The molecule has 0 saturated heterocycles. The Morgan fingerprint density at radius 3 is 2.63 bits per heavy atom. The number of rotatable bonds is 5. The first-order valence-corrected chi connectivity index (χ1v) is 10.7. The fourth-order valence-electron chi connectivity index (χ4n) is 4.80. The normalized spacial score (nSPS) is 24.2. The summed E-state index contributed by atoms with van der Waals surface area (Å²) < 4.78 is 2.40. The van der Waals surface area contributed by atoms with Crippen molar-refractivity contribution in [3.63, 3.8) is 0 Å². The summed E-state index contributed by atoms with van der Waals surface area (Å²) in [4.78, 5) is 17.3. The van der Waals surface area contributed by atoms with E-state index in [9.17, 15) is 9.90 Å². The lowest BCUT2D eigenvalue weighted by molar-refractivity contribution is -0.123. The van der Waals surface area contributed by atoms with Crippen LogP contribution >= 0.6 is 0 Å². The molecule has 1 amide bonds. The van der Waals surface area contributed by atoms with Crippen LogP contribution in [0.1, 0.15) is 76.1 Å². The zero-order valence-corrected chi connectivity index (χ0v) is 16.1. The molecule has 1 aromatic heterocycles. The highest BCUT2D eigenvalue weighted by atomic mass is 16.3. The molecular formula is C22H31N3O2. The fraction of sp³-hybridized carbons (Fsp3) is 0.636. The summed E-state index contributed by atoms with van der Waals surface area (Å²) in [6.45, 7) is 0. The zero-order valence-electron chi connectivity index (χ0n) is 16.1. The predicted octanol–water partition coefficient (Wildman–Crippen LogP) is 3.89. The smallest absolute Gasteiger partial charge is 0.220 e. The average Bonchev–Trinajstić information content (AvgIpc) is 3.07. The third-order valence-electron chi connectivity index (χ3n) is 6.26. The number of aliphatic hydroxyl groups is 1. The second kappa shape index (κ2) is 8.42. The Labute approximate surface area is 161 Å². The van der Waals surface area contributed by atoms with Crippen molar-refractivity contribution in [2.75, 3.05) is 0 Å². The van der Waals surface area contributed by atoms with Gasteiger partial charge in [-0.3, -0.25) is 4.79 Å². The van der Waals surface area contributed by atoms with Crippen LogP contribution in [0, 0.1) is 0 Å². The van der Waals surface area contributed by atoms with Crippen molar-refractivity contribution >= 4 is 16.9 Å². The van der Waals surface area contributed by atoms with Gasteiger partial charge in [0, 0.05) is 18.9 Å². The van der Waals surface area contributed by atoms with Gasteiger partial charge in [0.15, 0.2) is 0 Å². The van der Waals surface area contributed by atoms with Gasteiger partial charge in [0.05, 0.1) is 23.2 Å². The third-order valence-corrected chi connectivity index (χ3v) is 6.26. The van der Waals surface area contributed by atoms with E-state index in [1.807, 2.05) is 6.07 Å². The Balaban J connectivity index is 1.47. The van der Waals surface area contributed by atoms with Crippen molar-refractivity contribution in [3.05, 3.63) is 30.1 Å². The van der Waals surface area contributed by atoms with Crippen LogP contribution in [0.3, 0.4) is 0 Å². The summed E-state index contributed by atoms with van der Waals surface area (Å²) in [7, 11) is 0. The highest BCUT2D eigenvalue weighted by Crippen LogP contribution is 2.32. The fourth-order valence-corrected chi connectivity index (χ4v) is 4.80. The molecule has 2 saturated carbocycles. The van der Waals surface area contributed by atoms with Gasteiger partial charge in [0.25, 0.3) is 0 Å². The van der Waals surface area contributed by atoms with E-state index in [1.54, 1.807) is 0 Å². The molecule has 0 radical (unpaired) electrons. The first kappa shape index (κ1) is 18.5. The first-order valence-electron chi connectivity index (χ1n) is 10.7. The maximum Gasteiger partial charge on any atom is 0.220 e. The van der Waals surface area contributed by atoms with Crippen LogP contribution in [0.2, 0.25) is 0 Å². The van der Waals surface area contributed by atoms with Crippen LogP contribution in [0.5, 0.6) is 0 Å². The van der Waals surface area contributed by atoms with E-state index in [0.29, 0.717) is 18.9 Å². The Bertz CT molecular complexity index is 779. The summed E-state index contributed by atoms with van der Waals surface area (Å²) in [5.41, 5.74) is 2.23. The maximum atomic E-state index is 12.5. The molecule has 4 rings (SSSR count). The number of benzene rings is 1. The van der Waals surface area contributed by atoms with Crippen LogP contribution < -0.4 is 5.32 Å². The standard InChI is InChI=1S/C22H31N3O2/c26-20-13-7-5-11-18(20)24-22(27)15-14-21-23-17-10-4-6-12-19(17)25(21)16-8-2-1-3-9-16/h4,6,10,12,16,18,20,26H,1-3,5,7-9,11,13-15H2,(H,24,27)/t18-,20-/m1/s1.